The molecule has 0 rings (SSSR count). The number of aliphatic hydroxyl groups excluding tert-OH is 1. The lowest BCUT2D eigenvalue weighted by Gasteiger charge is -2.21. The molecule has 0 aliphatic heterocycles. The fourth-order valence-electron chi connectivity index (χ4n) is 11.3. The van der Waals surface area contributed by atoms with E-state index in [9.17, 15) is 43.2 Å². The lowest BCUT2D eigenvalue weighted by atomic mass is 10.00. The summed E-state index contributed by atoms with van der Waals surface area (Å²) >= 11 is 0. The molecule has 94 heavy (non-hydrogen) atoms. The number of carbonyl (C=O) groups excluding carboxylic acids is 4. The van der Waals surface area contributed by atoms with Crippen LogP contribution in [0.25, 0.3) is 0 Å². The minimum absolute atomic E-state index is 0.105. The molecule has 0 saturated carbocycles. The molecule has 558 valence electrons. The number of hydrogen-bond acceptors (Lipinski definition) is 15. The predicted octanol–water partition coefficient (Wildman–Crippen LogP) is 21.7. The molecule has 6 atom stereocenters. The van der Waals surface area contributed by atoms with Crippen molar-refractivity contribution in [3.63, 3.8) is 0 Å². The average molecular weight is 1380 g/mol. The van der Waals surface area contributed by atoms with Gasteiger partial charge < -0.3 is 33.8 Å². The van der Waals surface area contributed by atoms with Crippen LogP contribution in [0.15, 0.2) is 0 Å². The highest BCUT2D eigenvalue weighted by atomic mass is 31.2. The molecule has 3 N–H and O–H groups in total. The van der Waals surface area contributed by atoms with Crippen LogP contribution in [0, 0.1) is 23.7 Å². The minimum atomic E-state index is -4.96. The molecule has 0 spiro atoms. The second kappa shape index (κ2) is 64.4. The van der Waals surface area contributed by atoms with Crippen LogP contribution in [0.1, 0.15) is 376 Å². The van der Waals surface area contributed by atoms with Crippen molar-refractivity contribution in [1.29, 1.82) is 0 Å². The van der Waals surface area contributed by atoms with Crippen molar-refractivity contribution in [3.8, 4) is 0 Å². The number of phosphoric ester groups is 2. The summed E-state index contributed by atoms with van der Waals surface area (Å²) in [4.78, 5) is 72.8. The topological polar surface area (TPSA) is 237 Å². The second-order valence-electron chi connectivity index (χ2n) is 28.7. The Balaban J connectivity index is 5.26. The maximum Gasteiger partial charge on any atom is 0.472 e. The average Bonchev–Trinajstić information content (AvgIpc) is 2.68. The van der Waals surface area contributed by atoms with Crippen LogP contribution in [0.4, 0.5) is 0 Å². The number of ether oxygens (including phenoxy) is 4. The molecule has 0 aromatic heterocycles. The van der Waals surface area contributed by atoms with E-state index in [4.69, 9.17) is 37.0 Å². The van der Waals surface area contributed by atoms with Gasteiger partial charge in [-0.05, 0) is 49.4 Å². The predicted molar refractivity (Wildman–Crippen MR) is 381 cm³/mol. The second-order valence-corrected chi connectivity index (χ2v) is 31.6. The van der Waals surface area contributed by atoms with E-state index in [1.807, 2.05) is 0 Å². The van der Waals surface area contributed by atoms with E-state index in [-0.39, 0.29) is 25.7 Å². The molecule has 0 aromatic carbocycles. The molecule has 17 nitrogen and oxygen atoms in total. The Morgan fingerprint density at radius 1 is 0.298 bits per heavy atom. The van der Waals surface area contributed by atoms with Crippen LogP contribution in [-0.2, 0) is 65.4 Å². The highest BCUT2D eigenvalue weighted by molar-refractivity contribution is 7.47. The number of rotatable bonds is 72. The van der Waals surface area contributed by atoms with E-state index in [2.05, 4.69) is 55.4 Å². The van der Waals surface area contributed by atoms with E-state index in [0.717, 1.165) is 120 Å². The Morgan fingerprint density at radius 2 is 0.511 bits per heavy atom. The van der Waals surface area contributed by atoms with Crippen molar-refractivity contribution in [3.05, 3.63) is 0 Å². The van der Waals surface area contributed by atoms with E-state index < -0.39 is 97.5 Å². The molecule has 19 heteroatoms. The van der Waals surface area contributed by atoms with Crippen molar-refractivity contribution in [2.45, 2.75) is 395 Å². The van der Waals surface area contributed by atoms with Gasteiger partial charge in [0.1, 0.15) is 19.3 Å². The van der Waals surface area contributed by atoms with Gasteiger partial charge in [0.15, 0.2) is 12.2 Å². The highest BCUT2D eigenvalue weighted by Crippen LogP contribution is 2.45. The van der Waals surface area contributed by atoms with E-state index in [0.29, 0.717) is 25.7 Å². The first-order valence-corrected chi connectivity index (χ1v) is 41.7. The number of hydrogen-bond donors (Lipinski definition) is 3. The Bertz CT molecular complexity index is 1850. The third-order valence-electron chi connectivity index (χ3n) is 17.7. The van der Waals surface area contributed by atoms with E-state index in [1.54, 1.807) is 0 Å². The summed E-state index contributed by atoms with van der Waals surface area (Å²) < 4.78 is 68.5. The maximum atomic E-state index is 13.1. The molecule has 0 aromatic rings. The third kappa shape index (κ3) is 67.3. The van der Waals surface area contributed by atoms with Crippen LogP contribution < -0.4 is 0 Å². The lowest BCUT2D eigenvalue weighted by Crippen LogP contribution is -2.30. The minimum Gasteiger partial charge on any atom is -0.462 e. The summed E-state index contributed by atoms with van der Waals surface area (Å²) in [6, 6.07) is 0. The molecule has 0 heterocycles. The fraction of sp³-hybridized carbons (Fsp3) is 0.947. The maximum absolute atomic E-state index is 13.1. The Labute approximate surface area is 575 Å². The molecule has 0 aliphatic carbocycles. The molecule has 0 fully saturated rings. The summed E-state index contributed by atoms with van der Waals surface area (Å²) in [5.41, 5.74) is 0. The number of carbonyl (C=O) groups is 4. The third-order valence-corrected chi connectivity index (χ3v) is 19.6. The summed E-state index contributed by atoms with van der Waals surface area (Å²) in [6.07, 6.45) is 48.5. The number of esters is 4. The van der Waals surface area contributed by atoms with Gasteiger partial charge in [-0.2, -0.15) is 0 Å². The smallest absolute Gasteiger partial charge is 0.462 e. The molecule has 0 radical (unpaired) electrons. The van der Waals surface area contributed by atoms with Gasteiger partial charge in [-0.25, -0.2) is 9.13 Å². The standard InChI is InChI=1S/C75H146O17P2/c1-9-68(8)54-46-38-33-34-40-48-56-73(78)86-62-71(92-75(80)58-50-42-32-26-20-19-23-29-37-45-53-67(6)7)64-90-94(83,84)88-60-69(76)59-87-93(81,82)89-63-70(61-85-72(77)55-47-39-30-24-18-14-16-22-28-36-44-52-66(4)5)91-74(79)57-49-41-31-25-17-13-11-10-12-15-21-27-35-43-51-65(2)3/h65-71,76H,9-64H2,1-8H3,(H,81,82)(H,83,84)/t68?,69-,70-,71-/m1/s1. The number of aliphatic hydroxyl groups is 1. The largest absolute Gasteiger partial charge is 0.472 e. The van der Waals surface area contributed by atoms with Gasteiger partial charge in [0.2, 0.25) is 0 Å². The van der Waals surface area contributed by atoms with Crippen LogP contribution >= 0.6 is 15.6 Å². The van der Waals surface area contributed by atoms with Gasteiger partial charge in [0.25, 0.3) is 0 Å². The van der Waals surface area contributed by atoms with Crippen LogP contribution in [0.2, 0.25) is 0 Å². The van der Waals surface area contributed by atoms with Gasteiger partial charge in [-0.1, -0.05) is 325 Å². The number of phosphoric acid groups is 2. The van der Waals surface area contributed by atoms with Crippen LogP contribution in [-0.4, -0.2) is 96.7 Å². The van der Waals surface area contributed by atoms with Crippen molar-refractivity contribution in [2.24, 2.45) is 23.7 Å². The zero-order valence-electron chi connectivity index (χ0n) is 61.6. The van der Waals surface area contributed by atoms with Crippen LogP contribution in [0.3, 0.4) is 0 Å². The first-order chi connectivity index (χ1) is 45.1. The summed E-state index contributed by atoms with van der Waals surface area (Å²) in [5.74, 6) is 0.926. The Kier molecular flexibility index (Phi) is 63.1. The monoisotopic (exact) mass is 1380 g/mol. The summed E-state index contributed by atoms with van der Waals surface area (Å²) in [5, 5.41) is 10.6. The quantitative estimate of drug-likeness (QED) is 0.0222. The van der Waals surface area contributed by atoms with Gasteiger partial charge in [-0.3, -0.25) is 37.3 Å². The van der Waals surface area contributed by atoms with Gasteiger partial charge in [0, 0.05) is 25.7 Å². The molecule has 0 bridgehead atoms. The molecule has 0 aliphatic rings. The van der Waals surface area contributed by atoms with Gasteiger partial charge in [0.05, 0.1) is 26.4 Å². The Morgan fingerprint density at radius 3 is 0.755 bits per heavy atom. The Hall–Kier alpha value is -1.94. The first kappa shape index (κ1) is 92.1. The van der Waals surface area contributed by atoms with Crippen molar-refractivity contribution < 1.29 is 80.2 Å². The van der Waals surface area contributed by atoms with Gasteiger partial charge in [-0.15, -0.1) is 0 Å². The molecule has 0 amide bonds. The molecular formula is C75H146O17P2. The van der Waals surface area contributed by atoms with Crippen molar-refractivity contribution in [1.82, 2.24) is 0 Å². The molecule has 0 saturated heterocycles. The lowest BCUT2D eigenvalue weighted by molar-refractivity contribution is -0.161. The van der Waals surface area contributed by atoms with Gasteiger partial charge >= 0.3 is 39.5 Å². The van der Waals surface area contributed by atoms with E-state index >= 15 is 0 Å². The SMILES string of the molecule is CCC(C)CCCCCCCCC(=O)OC[C@H](COP(=O)(O)OC[C@H](O)COP(=O)(O)OC[C@@H](COC(=O)CCCCCCCCCCCCCC(C)C)OC(=O)CCCCCCCCCCCCCCCCC(C)C)OC(=O)CCCCCCCCCCCCC(C)C. The molecular weight excluding hydrogens is 1230 g/mol. The highest BCUT2D eigenvalue weighted by Gasteiger charge is 2.30. The van der Waals surface area contributed by atoms with Crippen molar-refractivity contribution in [2.75, 3.05) is 39.6 Å². The summed E-state index contributed by atoms with van der Waals surface area (Å²) in [7, 11) is -9.91. The zero-order valence-corrected chi connectivity index (χ0v) is 63.4. The normalized spacial score (nSPS) is 14.4. The zero-order chi connectivity index (χ0) is 69.6. The fourth-order valence-corrected chi connectivity index (χ4v) is 12.9. The number of unbranched alkanes of at least 4 members (excludes halogenated alkanes) is 37. The van der Waals surface area contributed by atoms with Crippen molar-refractivity contribution >= 4 is 39.5 Å². The van der Waals surface area contributed by atoms with Crippen LogP contribution in [0.5, 0.6) is 0 Å². The molecule has 3 unspecified atom stereocenters. The summed E-state index contributed by atoms with van der Waals surface area (Å²) in [6.45, 7) is 14.2. The van der Waals surface area contributed by atoms with E-state index in [1.165, 1.54) is 173 Å². The first-order valence-electron chi connectivity index (χ1n) is 38.7.